The highest BCUT2D eigenvalue weighted by Crippen LogP contribution is 2.20. The Balaban J connectivity index is 0.000000918. The van der Waals surface area contributed by atoms with Gasteiger partial charge in [0.05, 0.1) is 13.2 Å². The van der Waals surface area contributed by atoms with Gasteiger partial charge in [0.15, 0.2) is 6.29 Å². The minimum atomic E-state index is -0.286. The standard InChI is InChI=1S/C16H23NO3.C2H7P.CH6NP/c1-3-14-19-11-9-16(2,10-12-20-14)17-15(18)13-7-5-4-6-8-13;2*1-2-3/h4-8,14H,3,9-12H2,1-2H3,(H,17,18);2-3H2,1H3;2H,3H2,1H3. The second-order valence-corrected chi connectivity index (χ2v) is 7.55. The molecule has 1 heterocycles. The molecule has 0 bridgehead atoms. The molecule has 2 rings (SSSR count). The Labute approximate surface area is 163 Å². The second kappa shape index (κ2) is 15.5. The first kappa shape index (κ1) is 25.4. The van der Waals surface area contributed by atoms with E-state index in [1.54, 1.807) is 0 Å². The van der Waals surface area contributed by atoms with Crippen LogP contribution in [0.15, 0.2) is 30.3 Å². The molecule has 1 saturated heterocycles. The summed E-state index contributed by atoms with van der Waals surface area (Å²) in [7, 11) is 6.75. The SMILES string of the molecule is CCC1OCCC(C)(NC(=O)c2ccccc2)CCO1.CCP.CNP. The zero-order valence-electron chi connectivity index (χ0n) is 16.6. The molecule has 1 aliphatic heterocycles. The number of carbonyl (C=O) groups excluding carboxylic acids is 1. The lowest BCUT2D eigenvalue weighted by atomic mass is 9.93. The van der Waals surface area contributed by atoms with Gasteiger partial charge < -0.3 is 19.9 Å². The van der Waals surface area contributed by atoms with Crippen molar-refractivity contribution in [2.45, 2.75) is 51.9 Å². The van der Waals surface area contributed by atoms with Gasteiger partial charge in [0.2, 0.25) is 0 Å². The average Bonchev–Trinajstić information content (AvgIpc) is 2.60. The van der Waals surface area contributed by atoms with Crippen molar-refractivity contribution in [3.05, 3.63) is 35.9 Å². The van der Waals surface area contributed by atoms with E-state index in [0.29, 0.717) is 18.8 Å². The van der Waals surface area contributed by atoms with Gasteiger partial charge in [-0.05, 0) is 51.5 Å². The first-order valence-electron chi connectivity index (χ1n) is 9.14. The van der Waals surface area contributed by atoms with Gasteiger partial charge in [-0.1, -0.05) is 41.4 Å². The summed E-state index contributed by atoms with van der Waals surface area (Å²) in [6.45, 7) is 7.38. The highest BCUT2D eigenvalue weighted by Gasteiger charge is 2.29. The highest BCUT2D eigenvalue weighted by molar-refractivity contribution is 7.16. The summed E-state index contributed by atoms with van der Waals surface area (Å²) in [5, 5.41) is 5.78. The van der Waals surface area contributed by atoms with Crippen LogP contribution >= 0.6 is 18.6 Å². The van der Waals surface area contributed by atoms with Crippen LogP contribution in [0.3, 0.4) is 0 Å². The molecule has 1 aliphatic rings. The van der Waals surface area contributed by atoms with Crippen LogP contribution in [-0.2, 0) is 9.47 Å². The van der Waals surface area contributed by atoms with Crippen molar-refractivity contribution in [2.24, 2.45) is 0 Å². The Morgan fingerprint density at radius 3 is 2.08 bits per heavy atom. The summed E-state index contributed by atoms with van der Waals surface area (Å²) in [5.41, 5.74) is 0.398. The maximum Gasteiger partial charge on any atom is 0.251 e. The zero-order valence-corrected chi connectivity index (χ0v) is 18.9. The Morgan fingerprint density at radius 2 is 1.65 bits per heavy atom. The minimum absolute atomic E-state index is 0.0410. The van der Waals surface area contributed by atoms with Crippen LogP contribution in [0.2, 0.25) is 0 Å². The Hall–Kier alpha value is -0.570. The Kier molecular flexibility index (Phi) is 15.1. The van der Waals surface area contributed by atoms with Crippen molar-refractivity contribution in [1.82, 2.24) is 10.4 Å². The molecule has 26 heavy (non-hydrogen) atoms. The van der Waals surface area contributed by atoms with E-state index in [9.17, 15) is 4.79 Å². The molecule has 1 fully saturated rings. The van der Waals surface area contributed by atoms with Gasteiger partial charge in [0.25, 0.3) is 5.91 Å². The number of hydrogen-bond acceptors (Lipinski definition) is 4. The van der Waals surface area contributed by atoms with Crippen LogP contribution in [0, 0.1) is 0 Å². The van der Waals surface area contributed by atoms with Crippen molar-refractivity contribution >= 4 is 24.5 Å². The average molecular weight is 402 g/mol. The van der Waals surface area contributed by atoms with E-state index in [1.165, 1.54) is 6.16 Å². The summed E-state index contributed by atoms with van der Waals surface area (Å²) in [4.78, 5) is 12.2. The van der Waals surface area contributed by atoms with Gasteiger partial charge in [0, 0.05) is 11.1 Å². The summed E-state index contributed by atoms with van der Waals surface area (Å²) in [5.74, 6) is -0.0410. The predicted octanol–water partition coefficient (Wildman–Crippen LogP) is 3.62. The number of benzene rings is 1. The van der Waals surface area contributed by atoms with Gasteiger partial charge in [-0.15, -0.1) is 9.24 Å². The van der Waals surface area contributed by atoms with E-state index in [4.69, 9.17) is 9.47 Å². The fourth-order valence-electron chi connectivity index (χ4n) is 2.30. The van der Waals surface area contributed by atoms with Crippen LogP contribution < -0.4 is 10.4 Å². The molecule has 5 nitrogen and oxygen atoms in total. The van der Waals surface area contributed by atoms with Crippen LogP contribution in [0.25, 0.3) is 0 Å². The fraction of sp³-hybridized carbons (Fsp3) is 0.632. The first-order valence-corrected chi connectivity index (χ1v) is 10.5. The summed E-state index contributed by atoms with van der Waals surface area (Å²) in [6, 6.07) is 9.28. The van der Waals surface area contributed by atoms with E-state index in [0.717, 1.165) is 19.3 Å². The van der Waals surface area contributed by atoms with Crippen molar-refractivity contribution in [1.29, 1.82) is 0 Å². The van der Waals surface area contributed by atoms with Crippen molar-refractivity contribution in [3.63, 3.8) is 0 Å². The van der Waals surface area contributed by atoms with Gasteiger partial charge in [-0.25, -0.2) is 0 Å². The van der Waals surface area contributed by atoms with Gasteiger partial charge >= 0.3 is 0 Å². The van der Waals surface area contributed by atoms with E-state index >= 15 is 0 Å². The largest absolute Gasteiger partial charge is 0.353 e. The maximum absolute atomic E-state index is 12.2. The molecule has 1 aromatic rings. The van der Waals surface area contributed by atoms with E-state index in [1.807, 2.05) is 51.2 Å². The summed E-state index contributed by atoms with van der Waals surface area (Å²) in [6.07, 6.45) is 3.51. The topological polar surface area (TPSA) is 59.6 Å². The van der Waals surface area contributed by atoms with Crippen LogP contribution in [0.1, 0.15) is 50.4 Å². The molecular weight excluding hydrogens is 366 g/mol. The monoisotopic (exact) mass is 402 g/mol. The summed E-state index contributed by atoms with van der Waals surface area (Å²) >= 11 is 0. The third-order valence-electron chi connectivity index (χ3n) is 3.70. The molecule has 1 aromatic carbocycles. The quantitative estimate of drug-likeness (QED) is 0.759. The normalized spacial score (nSPS) is 22.5. The molecule has 0 saturated carbocycles. The molecular formula is C19H36N2O3P2. The molecule has 2 unspecified atom stereocenters. The van der Waals surface area contributed by atoms with Crippen molar-refractivity contribution in [2.75, 3.05) is 26.4 Å². The number of amides is 1. The molecule has 0 spiro atoms. The maximum atomic E-state index is 12.2. The van der Waals surface area contributed by atoms with E-state index in [-0.39, 0.29) is 17.7 Å². The predicted molar refractivity (Wildman–Crippen MR) is 117 cm³/mol. The molecule has 7 heteroatoms. The number of nitrogens with one attached hydrogen (secondary N) is 2. The van der Waals surface area contributed by atoms with Crippen molar-refractivity contribution in [3.8, 4) is 0 Å². The highest BCUT2D eigenvalue weighted by atomic mass is 31.0. The number of hydrogen-bond donors (Lipinski definition) is 2. The first-order chi connectivity index (χ1) is 12.5. The third-order valence-corrected chi connectivity index (χ3v) is 3.70. The van der Waals surface area contributed by atoms with E-state index in [2.05, 4.69) is 36.0 Å². The smallest absolute Gasteiger partial charge is 0.251 e. The number of carbonyl (C=O) groups is 1. The summed E-state index contributed by atoms with van der Waals surface area (Å²) < 4.78 is 11.3. The molecule has 0 aliphatic carbocycles. The lowest BCUT2D eigenvalue weighted by molar-refractivity contribution is -0.160. The molecule has 0 radical (unpaired) electrons. The lowest BCUT2D eigenvalue weighted by Gasteiger charge is -2.34. The number of ether oxygens (including phenoxy) is 2. The van der Waals surface area contributed by atoms with Crippen molar-refractivity contribution < 1.29 is 14.3 Å². The molecule has 2 N–H and O–H groups in total. The molecule has 150 valence electrons. The second-order valence-electron chi connectivity index (χ2n) is 6.16. The Morgan fingerprint density at radius 1 is 1.19 bits per heavy atom. The minimum Gasteiger partial charge on any atom is -0.353 e. The zero-order chi connectivity index (χ0) is 19.8. The van der Waals surface area contributed by atoms with Crippen LogP contribution in [0.5, 0.6) is 0 Å². The van der Waals surface area contributed by atoms with Crippen LogP contribution in [-0.4, -0.2) is 44.2 Å². The lowest BCUT2D eigenvalue weighted by Crippen LogP contribution is -2.49. The Bertz CT molecular complexity index is 463. The number of rotatable bonds is 3. The van der Waals surface area contributed by atoms with Gasteiger partial charge in [-0.2, -0.15) is 0 Å². The molecule has 0 aromatic heterocycles. The van der Waals surface area contributed by atoms with Gasteiger partial charge in [0.1, 0.15) is 0 Å². The molecule has 2 atom stereocenters. The van der Waals surface area contributed by atoms with Crippen LogP contribution in [0.4, 0.5) is 0 Å². The third kappa shape index (κ3) is 11.2. The van der Waals surface area contributed by atoms with E-state index < -0.39 is 0 Å². The fourth-order valence-corrected chi connectivity index (χ4v) is 2.30. The van der Waals surface area contributed by atoms with Gasteiger partial charge in [-0.3, -0.25) is 4.79 Å². The molecule has 1 amide bonds.